The van der Waals surface area contributed by atoms with Crippen molar-refractivity contribution in [3.05, 3.63) is 46.5 Å². The van der Waals surface area contributed by atoms with Crippen molar-refractivity contribution in [3.8, 4) is 0 Å². The number of anilines is 1. The van der Waals surface area contributed by atoms with Gasteiger partial charge in [0.1, 0.15) is 4.88 Å². The molecule has 6 heteroatoms. The summed E-state index contributed by atoms with van der Waals surface area (Å²) in [6.07, 6.45) is 8.23. The molecule has 0 spiro atoms. The molecule has 1 aromatic heterocycles. The number of thiazole rings is 1. The molecule has 156 valence electrons. The van der Waals surface area contributed by atoms with Crippen LogP contribution in [0.1, 0.15) is 65.9 Å². The van der Waals surface area contributed by atoms with Gasteiger partial charge >= 0.3 is 0 Å². The van der Waals surface area contributed by atoms with Crippen molar-refractivity contribution in [2.75, 3.05) is 31.1 Å². The van der Waals surface area contributed by atoms with E-state index in [0.29, 0.717) is 4.88 Å². The predicted octanol–water partition coefficient (Wildman–Crippen LogP) is 4.40. The van der Waals surface area contributed by atoms with Crippen LogP contribution >= 0.6 is 11.3 Å². The molecule has 29 heavy (non-hydrogen) atoms. The van der Waals surface area contributed by atoms with Crippen LogP contribution in [0.2, 0.25) is 0 Å². The Morgan fingerprint density at radius 3 is 2.48 bits per heavy atom. The lowest BCUT2D eigenvalue weighted by atomic mass is 10.0. The number of aryl methyl sites for hydroxylation is 1. The number of nitrogens with one attached hydrogen (secondary N) is 1. The predicted molar refractivity (Wildman–Crippen MR) is 120 cm³/mol. The van der Waals surface area contributed by atoms with Crippen LogP contribution in [0.25, 0.3) is 0 Å². The number of benzene rings is 1. The highest BCUT2D eigenvalue weighted by Crippen LogP contribution is 2.28. The maximum atomic E-state index is 12.7. The normalized spacial score (nSPS) is 19.9. The molecule has 1 amide bonds. The van der Waals surface area contributed by atoms with Gasteiger partial charge in [0, 0.05) is 19.1 Å². The monoisotopic (exact) mass is 412 g/mol. The fourth-order valence-corrected chi connectivity index (χ4v) is 5.30. The van der Waals surface area contributed by atoms with Crippen LogP contribution < -0.4 is 10.2 Å². The van der Waals surface area contributed by atoms with Crippen LogP contribution in [0.5, 0.6) is 0 Å². The van der Waals surface area contributed by atoms with E-state index in [1.165, 1.54) is 62.1 Å². The maximum Gasteiger partial charge on any atom is 0.263 e. The van der Waals surface area contributed by atoms with Crippen molar-refractivity contribution >= 4 is 22.4 Å². The number of nitrogens with zero attached hydrogens (tertiary/aromatic N) is 3. The quantitative estimate of drug-likeness (QED) is 0.791. The van der Waals surface area contributed by atoms with Crippen LogP contribution in [0.4, 0.5) is 5.13 Å². The summed E-state index contributed by atoms with van der Waals surface area (Å²) in [4.78, 5) is 23.0. The Hall–Kier alpha value is -1.92. The van der Waals surface area contributed by atoms with E-state index in [1.807, 2.05) is 6.92 Å². The van der Waals surface area contributed by atoms with E-state index < -0.39 is 0 Å². The second-order valence-corrected chi connectivity index (χ2v) is 9.44. The van der Waals surface area contributed by atoms with Gasteiger partial charge in [-0.2, -0.15) is 0 Å². The highest BCUT2D eigenvalue weighted by molar-refractivity contribution is 7.17. The fraction of sp³-hybridized carbons (Fsp3) is 0.565. The third-order valence-corrected chi connectivity index (χ3v) is 7.34. The number of likely N-dealkylation sites (tertiary alicyclic amines) is 1. The largest absolute Gasteiger partial charge is 0.348 e. The molecule has 4 rings (SSSR count). The average molecular weight is 413 g/mol. The van der Waals surface area contributed by atoms with Crippen molar-refractivity contribution in [2.24, 2.45) is 0 Å². The Labute approximate surface area is 178 Å². The van der Waals surface area contributed by atoms with Gasteiger partial charge in [0.15, 0.2) is 5.13 Å². The van der Waals surface area contributed by atoms with E-state index in [1.54, 1.807) is 6.20 Å². The Kier molecular flexibility index (Phi) is 6.50. The van der Waals surface area contributed by atoms with Gasteiger partial charge in [-0.1, -0.05) is 47.6 Å². The second-order valence-electron chi connectivity index (χ2n) is 8.43. The molecular weight excluding hydrogens is 380 g/mol. The molecular formula is C23H32N4OS. The molecule has 1 N–H and O–H groups in total. The summed E-state index contributed by atoms with van der Waals surface area (Å²) in [6, 6.07) is 9.01. The zero-order valence-electron chi connectivity index (χ0n) is 17.6. The van der Waals surface area contributed by atoms with Crippen molar-refractivity contribution in [3.63, 3.8) is 0 Å². The topological polar surface area (TPSA) is 48.5 Å². The molecule has 1 aromatic carbocycles. The number of hydrogen-bond donors (Lipinski definition) is 1. The molecule has 0 saturated carbocycles. The standard InChI is InChI=1S/C23H32N4OS/c1-17-6-8-19(9-7-17)18(2)25-22(28)21-16-24-23(29-21)27-14-10-20(11-15-27)26-12-4-3-5-13-26/h6-9,16,18,20H,3-5,10-15H2,1-2H3,(H,25,28). The summed E-state index contributed by atoms with van der Waals surface area (Å²) in [5.74, 6) is -0.0370. The number of carbonyl (C=O) groups is 1. The number of carbonyl (C=O) groups excluding carboxylic acids is 1. The molecule has 2 aromatic rings. The summed E-state index contributed by atoms with van der Waals surface area (Å²) in [7, 11) is 0. The fourth-order valence-electron chi connectivity index (χ4n) is 4.43. The highest BCUT2D eigenvalue weighted by atomic mass is 32.1. The Bertz CT molecular complexity index is 805. The Morgan fingerprint density at radius 2 is 1.79 bits per heavy atom. The van der Waals surface area contributed by atoms with E-state index in [4.69, 9.17) is 0 Å². The molecule has 1 unspecified atom stereocenters. The lowest BCUT2D eigenvalue weighted by molar-refractivity contribution is 0.0944. The van der Waals surface area contributed by atoms with Crippen LogP contribution in [-0.2, 0) is 0 Å². The molecule has 2 fully saturated rings. The minimum atomic E-state index is -0.0370. The molecule has 2 aliphatic heterocycles. The van der Waals surface area contributed by atoms with Gasteiger partial charge in [0.05, 0.1) is 12.2 Å². The first-order valence-corrected chi connectivity index (χ1v) is 11.7. The smallest absolute Gasteiger partial charge is 0.263 e. The van der Waals surface area contributed by atoms with Crippen molar-refractivity contribution < 1.29 is 4.79 Å². The number of aromatic nitrogens is 1. The first kappa shape index (κ1) is 20.4. The molecule has 5 nitrogen and oxygen atoms in total. The third kappa shape index (κ3) is 4.98. The highest BCUT2D eigenvalue weighted by Gasteiger charge is 2.27. The van der Waals surface area contributed by atoms with Crippen LogP contribution in [-0.4, -0.2) is 48.0 Å². The van der Waals surface area contributed by atoms with E-state index >= 15 is 0 Å². The summed E-state index contributed by atoms with van der Waals surface area (Å²) in [5, 5.41) is 4.09. The summed E-state index contributed by atoms with van der Waals surface area (Å²) in [5.41, 5.74) is 2.34. The first-order valence-electron chi connectivity index (χ1n) is 10.9. The van der Waals surface area contributed by atoms with E-state index in [-0.39, 0.29) is 11.9 Å². The number of rotatable bonds is 5. The number of amides is 1. The van der Waals surface area contributed by atoms with Gasteiger partial charge in [0.25, 0.3) is 5.91 Å². The Balaban J connectivity index is 1.31. The van der Waals surface area contributed by atoms with Gasteiger partial charge in [-0.25, -0.2) is 4.98 Å². The first-order chi connectivity index (χ1) is 14.1. The number of piperidine rings is 2. The zero-order chi connectivity index (χ0) is 20.2. The van der Waals surface area contributed by atoms with Crippen molar-refractivity contribution in [1.29, 1.82) is 0 Å². The van der Waals surface area contributed by atoms with Gasteiger partial charge in [-0.15, -0.1) is 0 Å². The summed E-state index contributed by atoms with van der Waals surface area (Å²) >= 11 is 1.51. The summed E-state index contributed by atoms with van der Waals surface area (Å²) in [6.45, 7) is 8.71. The minimum Gasteiger partial charge on any atom is -0.348 e. The molecule has 1 atom stereocenters. The molecule has 0 radical (unpaired) electrons. The summed E-state index contributed by atoms with van der Waals surface area (Å²) < 4.78 is 0. The SMILES string of the molecule is Cc1ccc(C(C)NC(=O)c2cnc(N3CCC(N4CCCCC4)CC3)s2)cc1. The van der Waals surface area contributed by atoms with Gasteiger partial charge < -0.3 is 15.1 Å². The lowest BCUT2D eigenvalue weighted by Crippen LogP contribution is -2.46. The molecule has 3 heterocycles. The zero-order valence-corrected chi connectivity index (χ0v) is 18.4. The van der Waals surface area contributed by atoms with Crippen LogP contribution in [0.15, 0.2) is 30.5 Å². The minimum absolute atomic E-state index is 0.0195. The van der Waals surface area contributed by atoms with Crippen molar-refractivity contribution in [2.45, 2.75) is 58.0 Å². The van der Waals surface area contributed by atoms with E-state index in [2.05, 4.69) is 51.3 Å². The molecule has 0 bridgehead atoms. The third-order valence-electron chi connectivity index (χ3n) is 6.28. The van der Waals surface area contributed by atoms with E-state index in [0.717, 1.165) is 29.8 Å². The van der Waals surface area contributed by atoms with E-state index in [9.17, 15) is 4.79 Å². The van der Waals surface area contributed by atoms with Gasteiger partial charge in [-0.05, 0) is 58.2 Å². The maximum absolute atomic E-state index is 12.7. The van der Waals surface area contributed by atoms with Crippen LogP contribution in [0, 0.1) is 6.92 Å². The number of hydrogen-bond acceptors (Lipinski definition) is 5. The van der Waals surface area contributed by atoms with Crippen LogP contribution in [0.3, 0.4) is 0 Å². The lowest BCUT2D eigenvalue weighted by Gasteiger charge is -2.40. The second kappa shape index (κ2) is 9.26. The van der Waals surface area contributed by atoms with Gasteiger partial charge in [-0.3, -0.25) is 4.79 Å². The Morgan fingerprint density at radius 1 is 1.10 bits per heavy atom. The molecule has 0 aliphatic carbocycles. The van der Waals surface area contributed by atoms with Crippen molar-refractivity contribution in [1.82, 2.24) is 15.2 Å². The average Bonchev–Trinajstić information content (AvgIpc) is 3.25. The molecule has 2 saturated heterocycles. The van der Waals surface area contributed by atoms with Gasteiger partial charge in [0.2, 0.25) is 0 Å². The molecule has 2 aliphatic rings.